The molecule has 0 aliphatic rings. The minimum atomic E-state index is -4.29. The van der Waals surface area contributed by atoms with Crippen molar-refractivity contribution in [1.29, 1.82) is 0 Å². The van der Waals surface area contributed by atoms with Crippen molar-refractivity contribution in [3.63, 3.8) is 0 Å². The van der Waals surface area contributed by atoms with E-state index in [-0.39, 0.29) is 12.4 Å². The standard InChI is InChI=1S/C15H21F4N3O/c1-11-8-12(4-5-13(11)16)9-22-14(20-2)21-6-3-7-23-10-15(17,18)19/h4-5,8H,3,6-7,9-10H2,1-2H3,(H2,20,21,22). The van der Waals surface area contributed by atoms with E-state index >= 15 is 0 Å². The van der Waals surface area contributed by atoms with Crippen molar-refractivity contribution in [2.45, 2.75) is 26.1 Å². The summed E-state index contributed by atoms with van der Waals surface area (Å²) >= 11 is 0. The number of halogens is 4. The van der Waals surface area contributed by atoms with E-state index in [0.717, 1.165) is 5.56 Å². The predicted octanol–water partition coefficient (Wildman–Crippen LogP) is 2.77. The number of rotatable bonds is 7. The fourth-order valence-electron chi connectivity index (χ4n) is 1.79. The molecule has 2 N–H and O–H groups in total. The summed E-state index contributed by atoms with van der Waals surface area (Å²) < 4.78 is 53.3. The molecule has 1 aromatic rings. The quantitative estimate of drug-likeness (QED) is 0.349. The molecule has 130 valence electrons. The molecule has 0 aliphatic heterocycles. The lowest BCUT2D eigenvalue weighted by atomic mass is 10.1. The third-order valence-corrected chi connectivity index (χ3v) is 2.93. The van der Waals surface area contributed by atoms with Crippen LogP contribution in [-0.4, -0.2) is 38.9 Å². The molecule has 1 rings (SSSR count). The van der Waals surface area contributed by atoms with Crippen LogP contribution in [0.25, 0.3) is 0 Å². The first-order chi connectivity index (χ1) is 10.8. The summed E-state index contributed by atoms with van der Waals surface area (Å²) in [6.45, 7) is 1.36. The van der Waals surface area contributed by atoms with E-state index in [4.69, 9.17) is 0 Å². The van der Waals surface area contributed by atoms with Crippen molar-refractivity contribution in [2.24, 2.45) is 4.99 Å². The first-order valence-corrected chi connectivity index (χ1v) is 7.16. The van der Waals surface area contributed by atoms with Gasteiger partial charge in [0, 0.05) is 26.7 Å². The van der Waals surface area contributed by atoms with Crippen LogP contribution in [0.5, 0.6) is 0 Å². The zero-order valence-electron chi connectivity index (χ0n) is 13.1. The van der Waals surface area contributed by atoms with Crippen molar-refractivity contribution >= 4 is 5.96 Å². The molecule has 4 nitrogen and oxygen atoms in total. The third-order valence-electron chi connectivity index (χ3n) is 2.93. The fourth-order valence-corrected chi connectivity index (χ4v) is 1.79. The van der Waals surface area contributed by atoms with Crippen molar-refractivity contribution in [3.8, 4) is 0 Å². The number of nitrogens with zero attached hydrogens (tertiary/aromatic N) is 1. The van der Waals surface area contributed by atoms with Crippen LogP contribution in [0.1, 0.15) is 17.5 Å². The summed E-state index contributed by atoms with van der Waals surface area (Å²) in [4.78, 5) is 4.00. The van der Waals surface area contributed by atoms with Gasteiger partial charge in [-0.1, -0.05) is 12.1 Å². The molecule has 0 spiro atoms. The molecule has 0 saturated heterocycles. The molecule has 0 aliphatic carbocycles. The summed E-state index contributed by atoms with van der Waals surface area (Å²) in [6, 6.07) is 4.81. The van der Waals surface area contributed by atoms with Gasteiger partial charge >= 0.3 is 6.18 Å². The molecule has 1 aromatic carbocycles. The minimum Gasteiger partial charge on any atom is -0.372 e. The van der Waals surface area contributed by atoms with Gasteiger partial charge in [0.1, 0.15) is 12.4 Å². The van der Waals surface area contributed by atoms with E-state index in [1.807, 2.05) is 0 Å². The SMILES string of the molecule is CN=C(NCCCOCC(F)(F)F)NCc1ccc(F)c(C)c1. The van der Waals surface area contributed by atoms with Crippen LogP contribution in [0.2, 0.25) is 0 Å². The molecule has 0 bridgehead atoms. The molecular formula is C15H21F4N3O. The topological polar surface area (TPSA) is 45.7 Å². The Morgan fingerprint density at radius 2 is 2.00 bits per heavy atom. The maximum atomic E-state index is 13.2. The molecule has 8 heteroatoms. The number of hydrogen-bond acceptors (Lipinski definition) is 2. The number of guanidine groups is 1. The van der Waals surface area contributed by atoms with Crippen LogP contribution in [-0.2, 0) is 11.3 Å². The van der Waals surface area contributed by atoms with Gasteiger partial charge in [-0.3, -0.25) is 4.99 Å². The summed E-state index contributed by atoms with van der Waals surface area (Å²) in [5.41, 5.74) is 1.47. The van der Waals surface area contributed by atoms with Gasteiger partial charge in [-0.15, -0.1) is 0 Å². The highest BCUT2D eigenvalue weighted by atomic mass is 19.4. The molecule has 0 unspecified atom stereocenters. The molecular weight excluding hydrogens is 314 g/mol. The van der Waals surface area contributed by atoms with Gasteiger partial charge in [0.25, 0.3) is 0 Å². The molecule has 0 atom stereocenters. The highest BCUT2D eigenvalue weighted by Crippen LogP contribution is 2.14. The lowest BCUT2D eigenvalue weighted by Gasteiger charge is -2.13. The first-order valence-electron chi connectivity index (χ1n) is 7.16. The molecule has 0 heterocycles. The van der Waals surface area contributed by atoms with Crippen LogP contribution in [0.4, 0.5) is 17.6 Å². The van der Waals surface area contributed by atoms with E-state index in [1.165, 1.54) is 6.07 Å². The third kappa shape index (κ3) is 8.39. The normalized spacial score (nSPS) is 12.3. The smallest absolute Gasteiger partial charge is 0.372 e. The molecule has 0 fully saturated rings. The van der Waals surface area contributed by atoms with Gasteiger partial charge in [-0.05, 0) is 30.5 Å². The van der Waals surface area contributed by atoms with E-state index < -0.39 is 12.8 Å². The second-order valence-electron chi connectivity index (χ2n) is 4.96. The van der Waals surface area contributed by atoms with Crippen LogP contribution in [0.3, 0.4) is 0 Å². The van der Waals surface area contributed by atoms with Crippen molar-refractivity contribution in [1.82, 2.24) is 10.6 Å². The number of alkyl halides is 3. The van der Waals surface area contributed by atoms with Crippen LogP contribution < -0.4 is 10.6 Å². The number of ether oxygens (including phenoxy) is 1. The Morgan fingerprint density at radius 3 is 2.61 bits per heavy atom. The zero-order valence-corrected chi connectivity index (χ0v) is 13.1. The summed E-state index contributed by atoms with van der Waals surface area (Å²) in [5.74, 6) is 0.262. The monoisotopic (exact) mass is 335 g/mol. The number of benzene rings is 1. The molecule has 0 amide bonds. The Morgan fingerprint density at radius 1 is 1.26 bits per heavy atom. The van der Waals surface area contributed by atoms with E-state index in [2.05, 4.69) is 20.4 Å². The maximum absolute atomic E-state index is 13.2. The van der Waals surface area contributed by atoms with Crippen LogP contribution in [0, 0.1) is 12.7 Å². The number of aryl methyl sites for hydroxylation is 1. The second-order valence-corrected chi connectivity index (χ2v) is 4.96. The van der Waals surface area contributed by atoms with Crippen LogP contribution >= 0.6 is 0 Å². The van der Waals surface area contributed by atoms with E-state index in [9.17, 15) is 17.6 Å². The average molecular weight is 335 g/mol. The number of nitrogens with one attached hydrogen (secondary N) is 2. The minimum absolute atomic E-state index is 0.0145. The second kappa shape index (κ2) is 9.34. The Bertz CT molecular complexity index is 518. The zero-order chi connectivity index (χ0) is 17.3. The Kier molecular flexibility index (Phi) is 7.80. The van der Waals surface area contributed by atoms with Gasteiger partial charge < -0.3 is 15.4 Å². The van der Waals surface area contributed by atoms with Gasteiger partial charge in [0.05, 0.1) is 0 Å². The molecule has 23 heavy (non-hydrogen) atoms. The molecule has 0 aromatic heterocycles. The summed E-state index contributed by atoms with van der Waals surface area (Å²) in [5, 5.41) is 6.01. The van der Waals surface area contributed by atoms with E-state index in [0.29, 0.717) is 31.0 Å². The van der Waals surface area contributed by atoms with Crippen molar-refractivity contribution in [2.75, 3.05) is 26.8 Å². The van der Waals surface area contributed by atoms with Gasteiger partial charge in [-0.2, -0.15) is 13.2 Å². The first kappa shape index (κ1) is 19.2. The summed E-state index contributed by atoms with van der Waals surface area (Å²) in [7, 11) is 1.59. The van der Waals surface area contributed by atoms with Gasteiger partial charge in [-0.25, -0.2) is 4.39 Å². The molecule has 0 radical (unpaired) electrons. The largest absolute Gasteiger partial charge is 0.411 e. The van der Waals surface area contributed by atoms with Crippen molar-refractivity contribution in [3.05, 3.63) is 35.1 Å². The molecule has 0 saturated carbocycles. The van der Waals surface area contributed by atoms with Gasteiger partial charge in [0.15, 0.2) is 5.96 Å². The Labute approximate surface area is 132 Å². The number of aliphatic imine (C=N–C) groups is 1. The fraction of sp³-hybridized carbons (Fsp3) is 0.533. The Balaban J connectivity index is 2.23. The average Bonchev–Trinajstić information content (AvgIpc) is 2.48. The van der Waals surface area contributed by atoms with E-state index in [1.54, 1.807) is 26.1 Å². The highest BCUT2D eigenvalue weighted by molar-refractivity contribution is 5.79. The predicted molar refractivity (Wildman–Crippen MR) is 80.8 cm³/mol. The highest BCUT2D eigenvalue weighted by Gasteiger charge is 2.27. The lowest BCUT2D eigenvalue weighted by Crippen LogP contribution is -2.37. The Hall–Kier alpha value is -1.83. The lowest BCUT2D eigenvalue weighted by molar-refractivity contribution is -0.173. The number of hydrogen-bond donors (Lipinski definition) is 2. The maximum Gasteiger partial charge on any atom is 0.411 e. The van der Waals surface area contributed by atoms with Crippen molar-refractivity contribution < 1.29 is 22.3 Å². The summed E-state index contributed by atoms with van der Waals surface area (Å²) in [6.07, 6.45) is -3.87. The van der Waals surface area contributed by atoms with Gasteiger partial charge in [0.2, 0.25) is 0 Å². The van der Waals surface area contributed by atoms with Crippen LogP contribution in [0.15, 0.2) is 23.2 Å².